The molecule has 0 bridgehead atoms. The molecule has 9 heteroatoms. The number of hydrogen-bond donors (Lipinski definition) is 2. The first-order chi connectivity index (χ1) is 16.5. The van der Waals surface area contributed by atoms with E-state index in [0.717, 1.165) is 30.3 Å². The Labute approximate surface area is 199 Å². The van der Waals surface area contributed by atoms with Gasteiger partial charge in [0.15, 0.2) is 11.5 Å². The normalized spacial score (nSPS) is 12.9. The molecule has 3 aromatic rings. The molecule has 4 rings (SSSR count). The Balaban J connectivity index is 1.46. The van der Waals surface area contributed by atoms with Crippen LogP contribution in [-0.4, -0.2) is 50.3 Å². The topological polar surface area (TPSA) is 97.8 Å². The molecular formula is C25H29N5O4. The Kier molecular flexibility index (Phi) is 7.01. The Morgan fingerprint density at radius 1 is 0.882 bits per heavy atom. The number of nitrogens with zero attached hydrogens (tertiary/aromatic N) is 3. The third-order valence-corrected chi connectivity index (χ3v) is 5.60. The van der Waals surface area contributed by atoms with E-state index in [0.29, 0.717) is 34.4 Å². The molecule has 2 aromatic carbocycles. The lowest BCUT2D eigenvalue weighted by Crippen LogP contribution is -2.19. The van der Waals surface area contributed by atoms with E-state index in [-0.39, 0.29) is 5.91 Å². The fraction of sp³-hybridized carbons (Fsp3) is 0.320. The van der Waals surface area contributed by atoms with Crippen LogP contribution in [-0.2, 0) is 0 Å². The van der Waals surface area contributed by atoms with Crippen molar-refractivity contribution in [1.29, 1.82) is 0 Å². The van der Waals surface area contributed by atoms with Crippen LogP contribution in [0.1, 0.15) is 28.9 Å². The lowest BCUT2D eigenvalue weighted by atomic mass is 10.1. The van der Waals surface area contributed by atoms with Gasteiger partial charge < -0.3 is 29.7 Å². The van der Waals surface area contributed by atoms with Gasteiger partial charge in [-0.15, -0.1) is 0 Å². The predicted molar refractivity (Wildman–Crippen MR) is 132 cm³/mol. The third-order valence-electron chi connectivity index (χ3n) is 5.60. The lowest BCUT2D eigenvalue weighted by Gasteiger charge is -2.17. The first kappa shape index (κ1) is 23.2. The lowest BCUT2D eigenvalue weighted by molar-refractivity contribution is 0.102. The monoisotopic (exact) mass is 463 g/mol. The summed E-state index contributed by atoms with van der Waals surface area (Å²) in [4.78, 5) is 24.3. The molecule has 0 atom stereocenters. The van der Waals surface area contributed by atoms with Gasteiger partial charge >= 0.3 is 0 Å². The summed E-state index contributed by atoms with van der Waals surface area (Å²) in [5.74, 6) is 2.47. The number of amides is 1. The summed E-state index contributed by atoms with van der Waals surface area (Å²) in [5, 5.41) is 6.14. The maximum Gasteiger partial charge on any atom is 0.255 e. The molecule has 34 heavy (non-hydrogen) atoms. The second kappa shape index (κ2) is 10.3. The molecule has 0 aliphatic carbocycles. The number of anilines is 4. The van der Waals surface area contributed by atoms with E-state index in [2.05, 4.69) is 25.5 Å². The van der Waals surface area contributed by atoms with Crippen LogP contribution in [0.15, 0.2) is 42.5 Å². The Hall–Kier alpha value is -4.01. The van der Waals surface area contributed by atoms with Gasteiger partial charge in [0.25, 0.3) is 5.91 Å². The average Bonchev–Trinajstić information content (AvgIpc) is 3.39. The van der Waals surface area contributed by atoms with E-state index in [1.54, 1.807) is 12.1 Å². The van der Waals surface area contributed by atoms with Gasteiger partial charge in [-0.05, 0) is 56.2 Å². The number of aryl methyl sites for hydroxylation is 1. The zero-order valence-electron chi connectivity index (χ0n) is 19.8. The minimum atomic E-state index is -0.294. The maximum absolute atomic E-state index is 12.8. The van der Waals surface area contributed by atoms with Gasteiger partial charge in [0.1, 0.15) is 5.82 Å². The van der Waals surface area contributed by atoms with E-state index in [9.17, 15) is 4.79 Å². The molecule has 178 valence electrons. The number of hydrogen-bond acceptors (Lipinski definition) is 8. The SMILES string of the molecule is COc1cc(C(=O)Nc2ccc(Nc3nc(C)cc(N4CCCC4)n3)cc2)cc(OC)c1OC. The van der Waals surface area contributed by atoms with E-state index in [1.165, 1.54) is 34.2 Å². The molecule has 0 unspecified atom stereocenters. The largest absolute Gasteiger partial charge is 0.493 e. The molecule has 1 aliphatic rings. The van der Waals surface area contributed by atoms with Gasteiger partial charge in [0, 0.05) is 41.8 Å². The Morgan fingerprint density at radius 3 is 2.09 bits per heavy atom. The van der Waals surface area contributed by atoms with Crippen LogP contribution >= 0.6 is 0 Å². The molecule has 2 N–H and O–H groups in total. The quantitative estimate of drug-likeness (QED) is 0.507. The highest BCUT2D eigenvalue weighted by Crippen LogP contribution is 2.38. The van der Waals surface area contributed by atoms with Crippen LogP contribution in [0.4, 0.5) is 23.1 Å². The number of carbonyl (C=O) groups is 1. The van der Waals surface area contributed by atoms with Gasteiger partial charge in [-0.25, -0.2) is 4.98 Å². The standard InChI is InChI=1S/C25H29N5O4/c1-16-13-22(30-11-5-6-12-30)29-25(26-16)28-19-9-7-18(8-10-19)27-24(31)17-14-20(32-2)23(34-4)21(15-17)33-3/h7-10,13-15H,5-6,11-12H2,1-4H3,(H,27,31)(H,26,28,29). The molecule has 1 fully saturated rings. The van der Waals surface area contributed by atoms with Crippen LogP contribution in [0.25, 0.3) is 0 Å². The second-order valence-electron chi connectivity index (χ2n) is 7.96. The van der Waals surface area contributed by atoms with Gasteiger partial charge in [0.2, 0.25) is 11.7 Å². The minimum absolute atomic E-state index is 0.294. The van der Waals surface area contributed by atoms with Crippen LogP contribution in [0.3, 0.4) is 0 Å². The summed E-state index contributed by atoms with van der Waals surface area (Å²) >= 11 is 0. The first-order valence-electron chi connectivity index (χ1n) is 11.1. The van der Waals surface area contributed by atoms with Crippen LogP contribution in [0, 0.1) is 6.92 Å². The van der Waals surface area contributed by atoms with E-state index >= 15 is 0 Å². The predicted octanol–water partition coefficient (Wildman–Crippen LogP) is 4.41. The average molecular weight is 464 g/mol. The van der Waals surface area contributed by atoms with Crippen molar-refractivity contribution in [3.05, 3.63) is 53.7 Å². The summed E-state index contributed by atoms with van der Waals surface area (Å²) in [6.45, 7) is 4.01. The molecule has 9 nitrogen and oxygen atoms in total. The fourth-order valence-corrected chi connectivity index (χ4v) is 3.90. The van der Waals surface area contributed by atoms with Crippen molar-refractivity contribution in [1.82, 2.24) is 9.97 Å². The van der Waals surface area contributed by atoms with E-state index in [1.807, 2.05) is 37.3 Å². The number of carbonyl (C=O) groups excluding carboxylic acids is 1. The first-order valence-corrected chi connectivity index (χ1v) is 11.1. The van der Waals surface area contributed by atoms with E-state index < -0.39 is 0 Å². The van der Waals surface area contributed by atoms with Crippen molar-refractivity contribution in [2.45, 2.75) is 19.8 Å². The van der Waals surface area contributed by atoms with Crippen molar-refractivity contribution in [3.8, 4) is 17.2 Å². The van der Waals surface area contributed by atoms with Gasteiger partial charge in [0.05, 0.1) is 21.3 Å². The number of methoxy groups -OCH3 is 3. The number of ether oxygens (including phenoxy) is 3. The second-order valence-corrected chi connectivity index (χ2v) is 7.96. The highest BCUT2D eigenvalue weighted by atomic mass is 16.5. The van der Waals surface area contributed by atoms with Crippen molar-refractivity contribution < 1.29 is 19.0 Å². The number of benzene rings is 2. The Bertz CT molecular complexity index is 1140. The van der Waals surface area contributed by atoms with Crippen LogP contribution < -0.4 is 29.7 Å². The van der Waals surface area contributed by atoms with Crippen molar-refractivity contribution in [3.63, 3.8) is 0 Å². The van der Waals surface area contributed by atoms with Crippen LogP contribution in [0.5, 0.6) is 17.2 Å². The highest BCUT2D eigenvalue weighted by molar-refractivity contribution is 6.05. The smallest absolute Gasteiger partial charge is 0.255 e. The van der Waals surface area contributed by atoms with Crippen molar-refractivity contribution >= 4 is 29.0 Å². The molecule has 1 amide bonds. The minimum Gasteiger partial charge on any atom is -0.493 e. The molecule has 1 saturated heterocycles. The zero-order valence-corrected chi connectivity index (χ0v) is 19.8. The summed E-state index contributed by atoms with van der Waals surface area (Å²) < 4.78 is 16.0. The fourth-order valence-electron chi connectivity index (χ4n) is 3.90. The molecule has 1 aromatic heterocycles. The van der Waals surface area contributed by atoms with Gasteiger partial charge in [-0.2, -0.15) is 4.98 Å². The Morgan fingerprint density at radius 2 is 1.50 bits per heavy atom. The molecule has 0 radical (unpaired) electrons. The highest BCUT2D eigenvalue weighted by Gasteiger charge is 2.18. The molecule has 1 aliphatic heterocycles. The molecule has 0 spiro atoms. The zero-order chi connectivity index (χ0) is 24.1. The van der Waals surface area contributed by atoms with Crippen molar-refractivity contribution in [2.24, 2.45) is 0 Å². The van der Waals surface area contributed by atoms with Crippen molar-refractivity contribution in [2.75, 3.05) is 50.0 Å². The number of aromatic nitrogens is 2. The van der Waals surface area contributed by atoms with Gasteiger partial charge in [-0.1, -0.05) is 0 Å². The molecular weight excluding hydrogens is 434 g/mol. The number of rotatable bonds is 8. The summed E-state index contributed by atoms with van der Waals surface area (Å²) in [5.41, 5.74) is 2.77. The summed E-state index contributed by atoms with van der Waals surface area (Å²) in [7, 11) is 4.54. The van der Waals surface area contributed by atoms with Crippen LogP contribution in [0.2, 0.25) is 0 Å². The molecule has 0 saturated carbocycles. The summed E-state index contributed by atoms with van der Waals surface area (Å²) in [6.07, 6.45) is 2.38. The third kappa shape index (κ3) is 5.14. The van der Waals surface area contributed by atoms with E-state index in [4.69, 9.17) is 14.2 Å². The van der Waals surface area contributed by atoms with Gasteiger partial charge in [-0.3, -0.25) is 4.79 Å². The summed E-state index contributed by atoms with van der Waals surface area (Å²) in [6, 6.07) is 12.6. The molecule has 2 heterocycles. The number of nitrogens with one attached hydrogen (secondary N) is 2. The maximum atomic E-state index is 12.8.